The maximum Gasteiger partial charge on any atom is 0.435 e. The molecule has 3 aromatic rings. The Morgan fingerprint density at radius 3 is 2.56 bits per heavy atom. The predicted molar refractivity (Wildman–Crippen MR) is 117 cm³/mol. The number of alkyl halides is 3. The number of aryl methyl sites for hydroxylation is 1. The molecular weight excluding hydrogens is 487 g/mol. The van der Waals surface area contributed by atoms with E-state index in [1.54, 1.807) is 4.90 Å². The lowest BCUT2D eigenvalue weighted by molar-refractivity contribution is -0.385. The van der Waals surface area contributed by atoms with E-state index in [-0.39, 0.29) is 18.5 Å². The van der Waals surface area contributed by atoms with E-state index in [9.17, 15) is 23.3 Å². The molecular formula is C21H20F3N7O5. The molecule has 2 aromatic heterocycles. The molecule has 1 saturated heterocycles. The average molecular weight is 507 g/mol. The van der Waals surface area contributed by atoms with E-state index >= 15 is 0 Å². The highest BCUT2D eigenvalue weighted by Gasteiger charge is 2.36. The molecule has 1 fully saturated rings. The van der Waals surface area contributed by atoms with E-state index < -0.39 is 28.4 Å². The largest absolute Gasteiger partial charge is 0.454 e. The zero-order chi connectivity index (χ0) is 25.4. The Kier molecular flexibility index (Phi) is 5.99. The summed E-state index contributed by atoms with van der Waals surface area (Å²) in [5.41, 5.74) is -0.669. The first kappa shape index (κ1) is 23.6. The summed E-state index contributed by atoms with van der Waals surface area (Å²) in [6.45, 7) is 2.93. The first-order valence-corrected chi connectivity index (χ1v) is 10.8. The van der Waals surface area contributed by atoms with Crippen molar-refractivity contribution in [2.24, 2.45) is 7.05 Å². The highest BCUT2D eigenvalue weighted by atomic mass is 19.4. The molecule has 0 radical (unpaired) electrons. The quantitative estimate of drug-likeness (QED) is 0.364. The molecule has 0 atom stereocenters. The van der Waals surface area contributed by atoms with Gasteiger partial charge >= 0.3 is 17.7 Å². The van der Waals surface area contributed by atoms with Gasteiger partial charge in [0.15, 0.2) is 17.2 Å². The first-order chi connectivity index (χ1) is 17.2. The summed E-state index contributed by atoms with van der Waals surface area (Å²) in [6, 6.07) is 6.40. The van der Waals surface area contributed by atoms with Gasteiger partial charge in [0.05, 0.1) is 4.92 Å². The number of benzene rings is 1. The zero-order valence-corrected chi connectivity index (χ0v) is 18.9. The summed E-state index contributed by atoms with van der Waals surface area (Å²) in [6.07, 6.45) is -3.61. The van der Waals surface area contributed by atoms with E-state index in [0.29, 0.717) is 50.3 Å². The molecule has 1 aromatic carbocycles. The maximum absolute atomic E-state index is 13.0. The van der Waals surface area contributed by atoms with Crippen molar-refractivity contribution in [2.45, 2.75) is 12.7 Å². The molecule has 12 nitrogen and oxygen atoms in total. The van der Waals surface area contributed by atoms with Gasteiger partial charge < -0.3 is 19.1 Å². The van der Waals surface area contributed by atoms with Crippen LogP contribution < -0.4 is 19.1 Å². The molecule has 190 valence electrons. The molecule has 4 heterocycles. The molecule has 2 aliphatic rings. The lowest BCUT2D eigenvalue weighted by Crippen LogP contribution is -2.46. The van der Waals surface area contributed by atoms with Crippen molar-refractivity contribution in [3.05, 3.63) is 52.0 Å². The van der Waals surface area contributed by atoms with Gasteiger partial charge in [0.25, 0.3) is 0 Å². The van der Waals surface area contributed by atoms with Crippen LogP contribution in [0.1, 0.15) is 11.3 Å². The number of piperazine rings is 1. The normalized spacial score (nSPS) is 15.8. The third-order valence-corrected chi connectivity index (χ3v) is 5.80. The van der Waals surface area contributed by atoms with Crippen LogP contribution in [0.5, 0.6) is 23.3 Å². The first-order valence-electron chi connectivity index (χ1n) is 10.8. The number of halogens is 3. The zero-order valence-electron chi connectivity index (χ0n) is 18.9. The van der Waals surface area contributed by atoms with Crippen LogP contribution in [0.15, 0.2) is 30.6 Å². The number of aromatic nitrogens is 4. The van der Waals surface area contributed by atoms with Crippen LogP contribution in [0, 0.1) is 10.1 Å². The van der Waals surface area contributed by atoms with Crippen LogP contribution in [0.2, 0.25) is 0 Å². The lowest BCUT2D eigenvalue weighted by atomic mass is 10.1. The summed E-state index contributed by atoms with van der Waals surface area (Å²) in [7, 11) is 1.23. The number of hydrogen-bond acceptors (Lipinski definition) is 10. The Morgan fingerprint density at radius 1 is 1.11 bits per heavy atom. The van der Waals surface area contributed by atoms with Gasteiger partial charge in [-0.1, -0.05) is 6.07 Å². The summed E-state index contributed by atoms with van der Waals surface area (Å²) in [4.78, 5) is 23.0. The molecule has 15 heteroatoms. The second kappa shape index (κ2) is 9.14. The molecule has 2 aliphatic heterocycles. The van der Waals surface area contributed by atoms with Crippen molar-refractivity contribution < 1.29 is 32.3 Å². The van der Waals surface area contributed by atoms with E-state index in [0.717, 1.165) is 16.6 Å². The number of nitrogens with zero attached hydrogens (tertiary/aromatic N) is 7. The van der Waals surface area contributed by atoms with Crippen LogP contribution in [0.25, 0.3) is 0 Å². The molecule has 0 aliphatic carbocycles. The Bertz CT molecular complexity index is 1290. The van der Waals surface area contributed by atoms with Gasteiger partial charge in [0.1, 0.15) is 6.33 Å². The molecule has 5 rings (SSSR count). The number of anilines is 1. The lowest BCUT2D eigenvalue weighted by Gasteiger charge is -2.35. The summed E-state index contributed by atoms with van der Waals surface area (Å²) >= 11 is 0. The van der Waals surface area contributed by atoms with Gasteiger partial charge in [-0.3, -0.25) is 15.0 Å². The van der Waals surface area contributed by atoms with Crippen molar-refractivity contribution in [2.75, 3.05) is 37.9 Å². The van der Waals surface area contributed by atoms with Crippen LogP contribution in [0.3, 0.4) is 0 Å². The Hall–Kier alpha value is -4.14. The molecule has 0 N–H and O–H groups in total. The molecule has 0 amide bonds. The average Bonchev–Trinajstić information content (AvgIpc) is 3.45. The second-order valence-corrected chi connectivity index (χ2v) is 8.15. The van der Waals surface area contributed by atoms with Crippen LogP contribution in [-0.4, -0.2) is 62.5 Å². The van der Waals surface area contributed by atoms with Crippen LogP contribution >= 0.6 is 0 Å². The van der Waals surface area contributed by atoms with Gasteiger partial charge in [-0.25, -0.2) is 9.67 Å². The maximum atomic E-state index is 13.0. The van der Waals surface area contributed by atoms with Gasteiger partial charge in [0.2, 0.25) is 18.5 Å². The molecule has 36 heavy (non-hydrogen) atoms. The van der Waals surface area contributed by atoms with E-state index in [1.165, 1.54) is 7.05 Å². The van der Waals surface area contributed by atoms with Crippen molar-refractivity contribution in [1.29, 1.82) is 0 Å². The van der Waals surface area contributed by atoms with E-state index in [2.05, 4.69) is 20.0 Å². The minimum atomic E-state index is -4.69. The van der Waals surface area contributed by atoms with Gasteiger partial charge in [0, 0.05) is 45.8 Å². The summed E-state index contributed by atoms with van der Waals surface area (Å²) in [5.74, 6) is 0.628. The number of nitro groups is 1. The highest BCUT2D eigenvalue weighted by molar-refractivity contribution is 5.63. The monoisotopic (exact) mass is 507 g/mol. The smallest absolute Gasteiger partial charge is 0.435 e. The second-order valence-electron chi connectivity index (χ2n) is 8.15. The fourth-order valence-electron chi connectivity index (χ4n) is 4.02. The standard InChI is InChI=1S/C21H20F3N7O5/c1-28-17(9-16(27-28)21(22,23)24)36-20-18(31(32)33)19(25-11-26-20)30-6-4-29(5-7-30)10-13-2-3-14-15(8-13)35-12-34-14/h2-3,8-9,11H,4-7,10,12H2,1H3. The minimum absolute atomic E-state index is 0.0333. The summed E-state index contributed by atoms with van der Waals surface area (Å²) < 4.78 is 55.9. The molecule has 0 saturated carbocycles. The Labute approximate surface area is 202 Å². The Balaban J connectivity index is 1.30. The third-order valence-electron chi connectivity index (χ3n) is 5.80. The Morgan fingerprint density at radius 2 is 1.86 bits per heavy atom. The topological polar surface area (TPSA) is 121 Å². The van der Waals surface area contributed by atoms with Crippen LogP contribution in [0.4, 0.5) is 24.7 Å². The van der Waals surface area contributed by atoms with Crippen molar-refractivity contribution in [3.63, 3.8) is 0 Å². The van der Waals surface area contributed by atoms with E-state index in [1.807, 2.05) is 18.2 Å². The number of ether oxygens (including phenoxy) is 3. The van der Waals surface area contributed by atoms with E-state index in [4.69, 9.17) is 14.2 Å². The molecule has 0 bridgehead atoms. The fourth-order valence-corrected chi connectivity index (χ4v) is 4.02. The van der Waals surface area contributed by atoms with Crippen molar-refractivity contribution in [3.8, 4) is 23.3 Å². The fraction of sp³-hybridized carbons (Fsp3) is 0.381. The van der Waals surface area contributed by atoms with Crippen molar-refractivity contribution in [1.82, 2.24) is 24.6 Å². The van der Waals surface area contributed by atoms with Gasteiger partial charge in [-0.05, 0) is 17.7 Å². The number of fused-ring (bicyclic) bond motifs is 1. The third kappa shape index (κ3) is 4.68. The van der Waals surface area contributed by atoms with Crippen molar-refractivity contribution >= 4 is 11.5 Å². The van der Waals surface area contributed by atoms with Crippen LogP contribution in [-0.2, 0) is 19.8 Å². The predicted octanol–water partition coefficient (Wildman–Crippen LogP) is 2.98. The van der Waals surface area contributed by atoms with Gasteiger partial charge in [-0.2, -0.15) is 23.3 Å². The number of hydrogen-bond donors (Lipinski definition) is 0. The minimum Gasteiger partial charge on any atom is -0.454 e. The SMILES string of the molecule is Cn1nc(C(F)(F)F)cc1Oc1ncnc(N2CCN(Cc3ccc4c(c3)OCO4)CC2)c1[N+](=O)[O-]. The molecule has 0 spiro atoms. The summed E-state index contributed by atoms with van der Waals surface area (Å²) in [5, 5.41) is 15.3. The van der Waals surface area contributed by atoms with Gasteiger partial charge in [-0.15, -0.1) is 0 Å². The molecule has 0 unspecified atom stereocenters. The number of rotatable bonds is 6. The highest BCUT2D eigenvalue weighted by Crippen LogP contribution is 2.38.